The zero-order valence-corrected chi connectivity index (χ0v) is 15.4. The largest absolute Gasteiger partial charge is 0.507 e. The van der Waals surface area contributed by atoms with Gasteiger partial charge in [0.2, 0.25) is 0 Å². The van der Waals surface area contributed by atoms with Gasteiger partial charge in [-0.1, -0.05) is 23.3 Å². The van der Waals surface area contributed by atoms with Crippen molar-refractivity contribution in [2.75, 3.05) is 0 Å². The van der Waals surface area contributed by atoms with Gasteiger partial charge in [0.15, 0.2) is 11.5 Å². The predicted octanol–water partition coefficient (Wildman–Crippen LogP) is 4.75. The Kier molecular flexibility index (Phi) is 5.04. The smallest absolute Gasteiger partial charge is 0.175 e. The molecule has 1 unspecified atom stereocenters. The van der Waals surface area contributed by atoms with Gasteiger partial charge in [-0.15, -0.1) is 0 Å². The molecule has 1 atom stereocenters. The molecule has 0 bridgehead atoms. The summed E-state index contributed by atoms with van der Waals surface area (Å²) in [4.78, 5) is 0. The van der Waals surface area contributed by atoms with Gasteiger partial charge in [0, 0.05) is 17.2 Å². The van der Waals surface area contributed by atoms with Gasteiger partial charge in [0.05, 0.1) is 10.6 Å². The van der Waals surface area contributed by atoms with E-state index in [0.717, 1.165) is 17.7 Å². The van der Waals surface area contributed by atoms with Crippen molar-refractivity contribution in [2.24, 2.45) is 0 Å². The molecule has 0 saturated heterocycles. The third-order valence-corrected chi connectivity index (χ3v) is 4.55. The van der Waals surface area contributed by atoms with Crippen LogP contribution in [-0.4, -0.2) is 20.4 Å². The summed E-state index contributed by atoms with van der Waals surface area (Å²) < 4.78 is 19.6. The Bertz CT molecular complexity index is 977. The lowest BCUT2D eigenvalue weighted by Crippen LogP contribution is -2.16. The molecule has 142 valence electrons. The van der Waals surface area contributed by atoms with Crippen molar-refractivity contribution in [1.29, 1.82) is 0 Å². The van der Waals surface area contributed by atoms with Gasteiger partial charge in [-0.05, 0) is 38.5 Å². The van der Waals surface area contributed by atoms with Crippen molar-refractivity contribution in [2.45, 2.75) is 26.4 Å². The predicted molar refractivity (Wildman–Crippen MR) is 99.5 cm³/mol. The molecule has 27 heavy (non-hydrogen) atoms. The summed E-state index contributed by atoms with van der Waals surface area (Å²) in [7, 11) is 0. The van der Waals surface area contributed by atoms with Gasteiger partial charge in [0.25, 0.3) is 0 Å². The van der Waals surface area contributed by atoms with Crippen LogP contribution in [0.2, 0.25) is 5.02 Å². The molecule has 2 aromatic carbocycles. The lowest BCUT2D eigenvalue weighted by Gasteiger charge is -2.27. The van der Waals surface area contributed by atoms with E-state index < -0.39 is 23.4 Å². The maximum absolute atomic E-state index is 13.8. The van der Waals surface area contributed by atoms with E-state index in [1.165, 1.54) is 12.1 Å². The summed E-state index contributed by atoms with van der Waals surface area (Å²) in [5, 5.41) is 41.1. The molecular weight excluding hydrogens is 375 g/mol. The highest BCUT2D eigenvalue weighted by Gasteiger charge is 2.34. The van der Waals surface area contributed by atoms with Gasteiger partial charge in [-0.25, -0.2) is 4.39 Å². The van der Waals surface area contributed by atoms with Crippen LogP contribution in [0.25, 0.3) is 5.76 Å². The summed E-state index contributed by atoms with van der Waals surface area (Å²) in [5.41, 5.74) is 1.39. The summed E-state index contributed by atoms with van der Waals surface area (Å²) >= 11 is 5.69. The number of phenolic OH excluding ortho intramolecular Hbond substituents is 2. The van der Waals surface area contributed by atoms with E-state index in [9.17, 15) is 24.8 Å². The Morgan fingerprint density at radius 3 is 2.52 bits per heavy atom. The fourth-order valence-electron chi connectivity index (χ4n) is 2.83. The highest BCUT2D eigenvalue weighted by atomic mass is 35.5. The SMILES string of the molecule is CC(C)=CCc1c(O)cc(O)c2c1OC(c1ccc(Cl)c(F)c1)=C(O)C2O. The zero-order chi connectivity index (χ0) is 19.9. The monoisotopic (exact) mass is 392 g/mol. The molecule has 3 rings (SSSR count). The minimum absolute atomic E-state index is 0.0145. The molecule has 1 aliphatic rings. The number of benzene rings is 2. The molecule has 1 aliphatic heterocycles. The third-order valence-electron chi connectivity index (χ3n) is 4.24. The number of ether oxygens (including phenoxy) is 1. The summed E-state index contributed by atoms with van der Waals surface area (Å²) in [6, 6.07) is 4.86. The van der Waals surface area contributed by atoms with Crippen molar-refractivity contribution in [3.63, 3.8) is 0 Å². The number of allylic oxidation sites excluding steroid dienone is 2. The van der Waals surface area contributed by atoms with Gasteiger partial charge in [-0.2, -0.15) is 0 Å². The Labute approximate surface area is 160 Å². The molecule has 0 amide bonds. The highest BCUT2D eigenvalue weighted by molar-refractivity contribution is 6.30. The van der Waals surface area contributed by atoms with Crippen LogP contribution in [0.5, 0.6) is 17.2 Å². The van der Waals surface area contributed by atoms with Gasteiger partial charge in [-0.3, -0.25) is 0 Å². The maximum atomic E-state index is 13.8. The third kappa shape index (κ3) is 3.46. The van der Waals surface area contributed by atoms with Crippen molar-refractivity contribution in [1.82, 2.24) is 0 Å². The molecule has 0 radical (unpaired) electrons. The number of aliphatic hydroxyl groups excluding tert-OH is 2. The second kappa shape index (κ2) is 7.13. The number of hydrogen-bond donors (Lipinski definition) is 4. The van der Waals surface area contributed by atoms with Crippen molar-refractivity contribution in [3.05, 3.63) is 69.2 Å². The first-order valence-corrected chi connectivity index (χ1v) is 8.54. The van der Waals surface area contributed by atoms with Crippen molar-refractivity contribution < 1.29 is 29.6 Å². The zero-order valence-electron chi connectivity index (χ0n) is 14.6. The number of fused-ring (bicyclic) bond motifs is 1. The second-order valence-electron chi connectivity index (χ2n) is 6.47. The summed E-state index contributed by atoms with van der Waals surface area (Å²) in [5.74, 6) is -2.13. The first kappa shape index (κ1) is 19.1. The van der Waals surface area contributed by atoms with E-state index >= 15 is 0 Å². The average Bonchev–Trinajstić information content (AvgIpc) is 2.59. The maximum Gasteiger partial charge on any atom is 0.175 e. The second-order valence-corrected chi connectivity index (χ2v) is 6.88. The molecule has 0 spiro atoms. The van der Waals surface area contributed by atoms with E-state index in [0.29, 0.717) is 5.56 Å². The number of aliphatic hydroxyl groups is 2. The molecule has 2 aromatic rings. The molecule has 0 saturated carbocycles. The molecule has 7 heteroatoms. The van der Waals surface area contributed by atoms with Crippen LogP contribution >= 0.6 is 11.6 Å². The van der Waals surface area contributed by atoms with E-state index in [1.807, 2.05) is 19.9 Å². The fourth-order valence-corrected chi connectivity index (χ4v) is 2.95. The minimum Gasteiger partial charge on any atom is -0.507 e. The highest BCUT2D eigenvalue weighted by Crippen LogP contribution is 2.49. The Morgan fingerprint density at radius 1 is 1.19 bits per heavy atom. The van der Waals surface area contributed by atoms with Crippen molar-refractivity contribution in [3.8, 4) is 17.2 Å². The molecule has 0 aliphatic carbocycles. The van der Waals surface area contributed by atoms with Crippen LogP contribution in [0.4, 0.5) is 4.39 Å². The van der Waals surface area contributed by atoms with Gasteiger partial charge >= 0.3 is 0 Å². The lowest BCUT2D eigenvalue weighted by molar-refractivity contribution is 0.138. The first-order valence-electron chi connectivity index (χ1n) is 8.16. The van der Waals surface area contributed by atoms with Crippen LogP contribution in [0.3, 0.4) is 0 Å². The molecule has 0 fully saturated rings. The van der Waals surface area contributed by atoms with Gasteiger partial charge < -0.3 is 25.2 Å². The normalized spacial score (nSPS) is 16.0. The lowest BCUT2D eigenvalue weighted by atomic mass is 9.94. The minimum atomic E-state index is -1.60. The van der Waals surface area contributed by atoms with E-state index in [2.05, 4.69) is 0 Å². The number of halogens is 2. The van der Waals surface area contributed by atoms with Crippen molar-refractivity contribution >= 4 is 17.4 Å². The number of aromatic hydroxyl groups is 2. The Morgan fingerprint density at radius 2 is 1.89 bits per heavy atom. The van der Waals surface area contributed by atoms with Crippen LogP contribution < -0.4 is 4.74 Å². The summed E-state index contributed by atoms with van der Waals surface area (Å²) in [6.07, 6.45) is 0.502. The molecule has 4 N–H and O–H groups in total. The summed E-state index contributed by atoms with van der Waals surface area (Å²) in [6.45, 7) is 3.76. The van der Waals surface area contributed by atoms with Crippen LogP contribution in [0.1, 0.15) is 36.6 Å². The van der Waals surface area contributed by atoms with Crippen LogP contribution in [0, 0.1) is 5.82 Å². The Balaban J connectivity index is 2.17. The molecule has 0 aromatic heterocycles. The van der Waals surface area contributed by atoms with Crippen LogP contribution in [0.15, 0.2) is 41.7 Å². The standard InChI is InChI=1S/C20H18ClFO5/c1-9(2)3-5-11-14(23)8-15(24)16-17(25)18(26)19(27-20(11)16)10-4-6-12(21)13(22)7-10/h3-4,6-8,17,23-26H,5H2,1-2H3. The number of rotatable bonds is 3. The topological polar surface area (TPSA) is 90.2 Å². The van der Waals surface area contributed by atoms with Gasteiger partial charge in [0.1, 0.15) is 29.2 Å². The number of phenols is 2. The molecule has 5 nitrogen and oxygen atoms in total. The Hall–Kier alpha value is -2.70. The molecular formula is C20H18ClFO5. The fraction of sp³-hybridized carbons (Fsp3) is 0.200. The number of hydrogen-bond acceptors (Lipinski definition) is 5. The molecule has 1 heterocycles. The van der Waals surface area contributed by atoms with E-state index in [1.54, 1.807) is 0 Å². The van der Waals surface area contributed by atoms with E-state index in [4.69, 9.17) is 16.3 Å². The first-order chi connectivity index (χ1) is 12.7. The van der Waals surface area contributed by atoms with Crippen LogP contribution in [-0.2, 0) is 6.42 Å². The quantitative estimate of drug-likeness (QED) is 0.566. The van der Waals surface area contributed by atoms with E-state index in [-0.39, 0.29) is 39.8 Å². The average molecular weight is 393 g/mol.